The van der Waals surface area contributed by atoms with E-state index < -0.39 is 12.0 Å². The third-order valence-corrected chi connectivity index (χ3v) is 6.65. The van der Waals surface area contributed by atoms with Gasteiger partial charge in [-0.1, -0.05) is 71.0 Å². The molecule has 0 bridgehead atoms. The molecule has 2 N–H and O–H groups in total. The Balaban J connectivity index is 1.48. The van der Waals surface area contributed by atoms with E-state index in [1.807, 2.05) is 80.6 Å². The lowest BCUT2D eigenvalue weighted by atomic mass is 9.87. The molecule has 0 saturated carbocycles. The van der Waals surface area contributed by atoms with E-state index in [0.717, 1.165) is 16.7 Å². The maximum Gasteiger partial charge on any atom is 0.326 e. The number of carboxylic acid groups (broad SMARTS) is 1. The number of rotatable bonds is 6. The van der Waals surface area contributed by atoms with Crippen molar-refractivity contribution < 1.29 is 19.5 Å². The SMILES string of the molecule is CC(C)C(C(=O)O)N1Cc2ccc(-c3ccc(NC(=O)c4ccc(C(C)(C)C)cc4)cc3)cc2C1=O. The van der Waals surface area contributed by atoms with Crippen LogP contribution in [0.15, 0.2) is 66.7 Å². The number of carboxylic acids is 1. The second-order valence-corrected chi connectivity index (χ2v) is 10.7. The highest BCUT2D eigenvalue weighted by Crippen LogP contribution is 2.32. The number of hydrogen-bond donors (Lipinski definition) is 2. The monoisotopic (exact) mass is 484 g/mol. The van der Waals surface area contributed by atoms with Crippen LogP contribution in [0.25, 0.3) is 11.1 Å². The van der Waals surface area contributed by atoms with Gasteiger partial charge in [0, 0.05) is 23.4 Å². The van der Waals surface area contributed by atoms with Gasteiger partial charge in [-0.25, -0.2) is 4.79 Å². The molecule has 0 spiro atoms. The average Bonchev–Trinajstić information content (AvgIpc) is 3.14. The summed E-state index contributed by atoms with van der Waals surface area (Å²) in [5.41, 5.74) is 5.58. The number of fused-ring (bicyclic) bond motifs is 1. The van der Waals surface area contributed by atoms with Crippen molar-refractivity contribution in [2.75, 3.05) is 5.32 Å². The van der Waals surface area contributed by atoms with E-state index in [9.17, 15) is 19.5 Å². The normalized spacial score (nSPS) is 14.1. The number of nitrogens with one attached hydrogen (secondary N) is 1. The first-order chi connectivity index (χ1) is 17.0. The summed E-state index contributed by atoms with van der Waals surface area (Å²) in [5, 5.41) is 12.5. The lowest BCUT2D eigenvalue weighted by Crippen LogP contribution is -2.44. The molecule has 6 heteroatoms. The summed E-state index contributed by atoms with van der Waals surface area (Å²) in [6.45, 7) is 10.3. The second-order valence-electron chi connectivity index (χ2n) is 10.7. The Morgan fingerprint density at radius 1 is 0.917 bits per heavy atom. The molecular formula is C30H32N2O4. The molecule has 1 unspecified atom stereocenters. The van der Waals surface area contributed by atoms with Crippen LogP contribution in [0.2, 0.25) is 0 Å². The van der Waals surface area contributed by atoms with Crippen LogP contribution in [-0.2, 0) is 16.8 Å². The molecule has 36 heavy (non-hydrogen) atoms. The molecule has 1 aliphatic heterocycles. The van der Waals surface area contributed by atoms with Gasteiger partial charge in [0.05, 0.1) is 0 Å². The van der Waals surface area contributed by atoms with Crippen molar-refractivity contribution in [2.45, 2.75) is 52.6 Å². The van der Waals surface area contributed by atoms with E-state index >= 15 is 0 Å². The Morgan fingerprint density at radius 2 is 1.53 bits per heavy atom. The van der Waals surface area contributed by atoms with Gasteiger partial charge < -0.3 is 15.3 Å². The molecule has 1 heterocycles. The first-order valence-corrected chi connectivity index (χ1v) is 12.1. The summed E-state index contributed by atoms with van der Waals surface area (Å²) >= 11 is 0. The third kappa shape index (κ3) is 5.03. The highest BCUT2D eigenvalue weighted by atomic mass is 16.4. The maximum atomic E-state index is 13.0. The number of amides is 2. The van der Waals surface area contributed by atoms with E-state index in [-0.39, 0.29) is 23.1 Å². The van der Waals surface area contributed by atoms with E-state index in [1.54, 1.807) is 0 Å². The lowest BCUT2D eigenvalue weighted by Gasteiger charge is -2.27. The van der Waals surface area contributed by atoms with Gasteiger partial charge in [0.25, 0.3) is 11.8 Å². The minimum Gasteiger partial charge on any atom is -0.480 e. The predicted molar refractivity (Wildman–Crippen MR) is 141 cm³/mol. The molecule has 2 amide bonds. The van der Waals surface area contributed by atoms with Gasteiger partial charge in [-0.2, -0.15) is 0 Å². The minimum absolute atomic E-state index is 0.0255. The van der Waals surface area contributed by atoms with Crippen LogP contribution in [-0.4, -0.2) is 33.8 Å². The van der Waals surface area contributed by atoms with Gasteiger partial charge in [-0.3, -0.25) is 9.59 Å². The fourth-order valence-corrected chi connectivity index (χ4v) is 4.58. The van der Waals surface area contributed by atoms with Crippen molar-refractivity contribution in [1.82, 2.24) is 4.90 Å². The molecule has 0 aromatic heterocycles. The largest absolute Gasteiger partial charge is 0.480 e. The zero-order chi connectivity index (χ0) is 26.2. The third-order valence-electron chi connectivity index (χ3n) is 6.65. The summed E-state index contributed by atoms with van der Waals surface area (Å²) in [4.78, 5) is 38.9. The van der Waals surface area contributed by atoms with Gasteiger partial charge in [0.1, 0.15) is 6.04 Å². The standard InChI is InChI=1S/C30H32N2O4/c1-18(2)26(29(35)36)32-17-22-7-6-21(16-25(22)28(32)34)19-10-14-24(15-11-19)31-27(33)20-8-12-23(13-9-20)30(3,4)5/h6-16,18,26H,17H2,1-5H3,(H,31,33)(H,35,36). The summed E-state index contributed by atoms with van der Waals surface area (Å²) in [7, 11) is 0. The van der Waals surface area contributed by atoms with Crippen molar-refractivity contribution in [1.29, 1.82) is 0 Å². The Hall–Kier alpha value is -3.93. The molecular weight excluding hydrogens is 452 g/mol. The van der Waals surface area contributed by atoms with Gasteiger partial charge in [-0.05, 0) is 63.9 Å². The van der Waals surface area contributed by atoms with Crippen molar-refractivity contribution in [3.63, 3.8) is 0 Å². The van der Waals surface area contributed by atoms with Gasteiger partial charge in [0.15, 0.2) is 0 Å². The highest BCUT2D eigenvalue weighted by molar-refractivity contribution is 6.04. The zero-order valence-corrected chi connectivity index (χ0v) is 21.3. The van der Waals surface area contributed by atoms with Crippen LogP contribution in [0.1, 0.15) is 66.5 Å². The number of benzene rings is 3. The van der Waals surface area contributed by atoms with E-state index in [0.29, 0.717) is 23.4 Å². The van der Waals surface area contributed by atoms with Crippen molar-refractivity contribution in [3.05, 3.63) is 89.0 Å². The molecule has 0 fully saturated rings. The lowest BCUT2D eigenvalue weighted by molar-refractivity contribution is -0.144. The number of anilines is 1. The summed E-state index contributed by atoms with van der Waals surface area (Å²) in [6.07, 6.45) is 0. The molecule has 3 aromatic rings. The Morgan fingerprint density at radius 3 is 2.08 bits per heavy atom. The van der Waals surface area contributed by atoms with Crippen LogP contribution in [0.5, 0.6) is 0 Å². The smallest absolute Gasteiger partial charge is 0.326 e. The number of carbonyl (C=O) groups is 3. The maximum absolute atomic E-state index is 13.0. The van der Waals surface area contributed by atoms with E-state index in [2.05, 4.69) is 26.1 Å². The van der Waals surface area contributed by atoms with Crippen molar-refractivity contribution in [2.24, 2.45) is 5.92 Å². The molecule has 4 rings (SSSR count). The predicted octanol–water partition coefficient (Wildman–Crippen LogP) is 5.97. The van der Waals surface area contributed by atoms with Crippen molar-refractivity contribution >= 4 is 23.5 Å². The van der Waals surface area contributed by atoms with Crippen LogP contribution < -0.4 is 5.32 Å². The van der Waals surface area contributed by atoms with Crippen LogP contribution in [0.3, 0.4) is 0 Å². The van der Waals surface area contributed by atoms with Crippen LogP contribution in [0.4, 0.5) is 5.69 Å². The first kappa shape index (κ1) is 25.2. The highest BCUT2D eigenvalue weighted by Gasteiger charge is 2.38. The second kappa shape index (κ2) is 9.61. The Bertz CT molecular complexity index is 1300. The number of carbonyl (C=O) groups excluding carboxylic acids is 2. The molecule has 186 valence electrons. The molecule has 3 aromatic carbocycles. The molecule has 0 saturated heterocycles. The number of aliphatic carboxylic acids is 1. The Kier molecular flexibility index (Phi) is 6.72. The Labute approximate surface area is 212 Å². The summed E-state index contributed by atoms with van der Waals surface area (Å²) < 4.78 is 0. The fraction of sp³-hybridized carbons (Fsp3) is 0.300. The molecule has 0 radical (unpaired) electrons. The van der Waals surface area contributed by atoms with Crippen LogP contribution >= 0.6 is 0 Å². The van der Waals surface area contributed by atoms with Crippen LogP contribution in [0, 0.1) is 5.92 Å². The van der Waals surface area contributed by atoms with E-state index in [4.69, 9.17) is 0 Å². The fourth-order valence-electron chi connectivity index (χ4n) is 4.58. The summed E-state index contributed by atoms with van der Waals surface area (Å²) in [6, 6.07) is 19.9. The zero-order valence-electron chi connectivity index (χ0n) is 21.3. The molecule has 6 nitrogen and oxygen atoms in total. The molecule has 0 aliphatic carbocycles. The molecule has 1 aliphatic rings. The van der Waals surface area contributed by atoms with E-state index in [1.165, 1.54) is 10.5 Å². The number of hydrogen-bond acceptors (Lipinski definition) is 3. The van der Waals surface area contributed by atoms with Gasteiger partial charge >= 0.3 is 5.97 Å². The molecule has 1 atom stereocenters. The van der Waals surface area contributed by atoms with Gasteiger partial charge in [0.2, 0.25) is 0 Å². The quantitative estimate of drug-likeness (QED) is 0.451. The topological polar surface area (TPSA) is 86.7 Å². The number of nitrogens with zero attached hydrogens (tertiary/aromatic N) is 1. The minimum atomic E-state index is -0.992. The van der Waals surface area contributed by atoms with Gasteiger partial charge in [-0.15, -0.1) is 0 Å². The average molecular weight is 485 g/mol. The first-order valence-electron chi connectivity index (χ1n) is 12.1. The summed E-state index contributed by atoms with van der Waals surface area (Å²) in [5.74, 6) is -1.62. The van der Waals surface area contributed by atoms with Crippen molar-refractivity contribution in [3.8, 4) is 11.1 Å².